The standard InChI is InChI=1S/C22H26ClN3O2/c1-14-20-17(9-6-10-19(20)27)25-21(14)22(28)24-13-18(26-11-4-5-12-26)15-7-2-3-8-16(15)23/h2-3,7-8,18,25H,4-6,9-13H2,1H3,(H,24,28). The fourth-order valence-corrected chi connectivity index (χ4v) is 4.77. The molecule has 4 rings (SSSR count). The van der Waals surface area contributed by atoms with Crippen molar-refractivity contribution >= 4 is 23.3 Å². The van der Waals surface area contributed by atoms with E-state index < -0.39 is 0 Å². The number of aryl methyl sites for hydroxylation is 1. The SMILES string of the molecule is Cc1c(C(=O)NCC(c2ccccc2Cl)N2CCCC2)[nH]c2c1C(=O)CCC2. The largest absolute Gasteiger partial charge is 0.354 e. The molecule has 28 heavy (non-hydrogen) atoms. The van der Waals surface area contributed by atoms with Crippen molar-refractivity contribution in [3.05, 3.63) is 57.4 Å². The van der Waals surface area contributed by atoms with Gasteiger partial charge in [-0.3, -0.25) is 14.5 Å². The number of halogens is 1. The van der Waals surface area contributed by atoms with Gasteiger partial charge in [-0.15, -0.1) is 0 Å². The van der Waals surface area contributed by atoms with Gasteiger partial charge in [0.2, 0.25) is 0 Å². The zero-order chi connectivity index (χ0) is 19.7. The number of aromatic amines is 1. The lowest BCUT2D eigenvalue weighted by Crippen LogP contribution is -2.37. The lowest BCUT2D eigenvalue weighted by molar-refractivity contribution is 0.0932. The quantitative estimate of drug-likeness (QED) is 0.796. The predicted molar refractivity (Wildman–Crippen MR) is 110 cm³/mol. The van der Waals surface area contributed by atoms with Crippen LogP contribution in [0.15, 0.2) is 24.3 Å². The third-order valence-corrected chi connectivity index (χ3v) is 6.31. The number of nitrogens with one attached hydrogen (secondary N) is 2. The number of fused-ring (bicyclic) bond motifs is 1. The van der Waals surface area contributed by atoms with Gasteiger partial charge in [0.05, 0.1) is 6.04 Å². The Morgan fingerprint density at radius 3 is 2.68 bits per heavy atom. The molecule has 1 aromatic carbocycles. The smallest absolute Gasteiger partial charge is 0.268 e. The van der Waals surface area contributed by atoms with E-state index in [-0.39, 0.29) is 17.7 Å². The number of carbonyl (C=O) groups is 2. The molecule has 0 saturated carbocycles. The second kappa shape index (κ2) is 8.10. The first-order valence-corrected chi connectivity index (χ1v) is 10.5. The molecule has 148 valence electrons. The van der Waals surface area contributed by atoms with Gasteiger partial charge in [-0.2, -0.15) is 0 Å². The molecule has 2 aliphatic rings. The van der Waals surface area contributed by atoms with Crippen LogP contribution in [0.3, 0.4) is 0 Å². The van der Waals surface area contributed by atoms with Crippen molar-refractivity contribution in [2.24, 2.45) is 0 Å². The molecule has 6 heteroatoms. The summed E-state index contributed by atoms with van der Waals surface area (Å²) in [5, 5.41) is 3.81. The van der Waals surface area contributed by atoms with Crippen molar-refractivity contribution in [2.75, 3.05) is 19.6 Å². The number of rotatable bonds is 5. The fraction of sp³-hybridized carbons (Fsp3) is 0.455. The summed E-state index contributed by atoms with van der Waals surface area (Å²) in [6, 6.07) is 7.90. The Kier molecular flexibility index (Phi) is 5.56. The highest BCUT2D eigenvalue weighted by atomic mass is 35.5. The highest BCUT2D eigenvalue weighted by Crippen LogP contribution is 2.30. The second-order valence-electron chi connectivity index (χ2n) is 7.75. The topological polar surface area (TPSA) is 65.2 Å². The number of benzene rings is 1. The van der Waals surface area contributed by atoms with Crippen LogP contribution < -0.4 is 5.32 Å². The minimum atomic E-state index is -0.157. The predicted octanol–water partition coefficient (Wildman–Crippen LogP) is 4.06. The molecule has 1 aromatic heterocycles. The minimum Gasteiger partial charge on any atom is -0.354 e. The molecule has 1 aliphatic carbocycles. The Morgan fingerprint density at radius 1 is 1.21 bits per heavy atom. The molecule has 0 radical (unpaired) electrons. The summed E-state index contributed by atoms with van der Waals surface area (Å²) in [4.78, 5) is 30.7. The second-order valence-corrected chi connectivity index (χ2v) is 8.15. The number of H-pyrrole nitrogens is 1. The molecular weight excluding hydrogens is 374 g/mol. The van der Waals surface area contributed by atoms with Gasteiger partial charge in [0.25, 0.3) is 5.91 Å². The maximum Gasteiger partial charge on any atom is 0.268 e. The summed E-state index contributed by atoms with van der Waals surface area (Å²) in [5.41, 5.74) is 3.95. The van der Waals surface area contributed by atoms with E-state index in [1.807, 2.05) is 31.2 Å². The maximum absolute atomic E-state index is 12.9. The number of likely N-dealkylation sites (tertiary alicyclic amines) is 1. The first kappa shape index (κ1) is 19.2. The molecule has 2 aromatic rings. The highest BCUT2D eigenvalue weighted by Gasteiger charge is 2.28. The van der Waals surface area contributed by atoms with Crippen LogP contribution in [0.2, 0.25) is 5.02 Å². The van der Waals surface area contributed by atoms with Crippen LogP contribution in [-0.2, 0) is 6.42 Å². The lowest BCUT2D eigenvalue weighted by Gasteiger charge is -2.29. The molecule has 1 atom stereocenters. The van der Waals surface area contributed by atoms with Crippen molar-refractivity contribution in [3.8, 4) is 0 Å². The first-order chi connectivity index (χ1) is 13.6. The number of ketones is 1. The Balaban J connectivity index is 1.54. The van der Waals surface area contributed by atoms with Gasteiger partial charge in [0.15, 0.2) is 5.78 Å². The van der Waals surface area contributed by atoms with Crippen molar-refractivity contribution in [2.45, 2.75) is 45.1 Å². The molecule has 1 saturated heterocycles. The number of Topliss-reactive ketones (excluding diaryl/α,β-unsaturated/α-hetero) is 1. The Hall–Kier alpha value is -2.11. The summed E-state index contributed by atoms with van der Waals surface area (Å²) < 4.78 is 0. The fourth-order valence-electron chi connectivity index (χ4n) is 4.51. The molecule has 1 aliphatic heterocycles. The van der Waals surface area contributed by atoms with Crippen molar-refractivity contribution < 1.29 is 9.59 Å². The summed E-state index contributed by atoms with van der Waals surface area (Å²) in [5.74, 6) is -0.0176. The Labute approximate surface area is 170 Å². The Bertz CT molecular complexity index is 899. The average molecular weight is 400 g/mol. The van der Waals surface area contributed by atoms with Gasteiger partial charge < -0.3 is 10.3 Å². The highest BCUT2D eigenvalue weighted by molar-refractivity contribution is 6.31. The van der Waals surface area contributed by atoms with E-state index in [1.54, 1.807) is 0 Å². The third kappa shape index (κ3) is 3.61. The molecule has 1 unspecified atom stereocenters. The van der Waals surface area contributed by atoms with Gasteiger partial charge in [-0.05, 0) is 62.9 Å². The monoisotopic (exact) mass is 399 g/mol. The van der Waals surface area contributed by atoms with Crippen molar-refractivity contribution in [3.63, 3.8) is 0 Å². The van der Waals surface area contributed by atoms with E-state index in [0.29, 0.717) is 18.7 Å². The van der Waals surface area contributed by atoms with Crippen LogP contribution in [0.5, 0.6) is 0 Å². The number of amides is 1. The number of carbonyl (C=O) groups excluding carboxylic acids is 2. The minimum absolute atomic E-state index is 0.0478. The van der Waals surface area contributed by atoms with Crippen molar-refractivity contribution in [1.82, 2.24) is 15.2 Å². The summed E-state index contributed by atoms with van der Waals surface area (Å²) in [7, 11) is 0. The molecule has 2 N–H and O–H groups in total. The summed E-state index contributed by atoms with van der Waals surface area (Å²) >= 11 is 6.46. The average Bonchev–Trinajstić information content (AvgIpc) is 3.32. The van der Waals surface area contributed by atoms with Crippen LogP contribution in [0.4, 0.5) is 0 Å². The van der Waals surface area contributed by atoms with E-state index in [0.717, 1.165) is 53.3 Å². The van der Waals surface area contributed by atoms with Crippen LogP contribution in [0.25, 0.3) is 0 Å². The lowest BCUT2D eigenvalue weighted by atomic mass is 9.94. The molecule has 2 heterocycles. The number of hydrogen-bond acceptors (Lipinski definition) is 3. The normalized spacial score (nSPS) is 18.1. The first-order valence-electron chi connectivity index (χ1n) is 10.1. The number of aromatic nitrogens is 1. The van der Waals surface area contributed by atoms with Gasteiger partial charge in [-0.1, -0.05) is 29.8 Å². The zero-order valence-corrected chi connectivity index (χ0v) is 16.9. The number of nitrogens with zero attached hydrogens (tertiary/aromatic N) is 1. The third-order valence-electron chi connectivity index (χ3n) is 5.97. The van der Waals surface area contributed by atoms with E-state index in [4.69, 9.17) is 11.6 Å². The molecule has 0 bridgehead atoms. The van der Waals surface area contributed by atoms with E-state index in [1.165, 1.54) is 12.8 Å². The van der Waals surface area contributed by atoms with E-state index >= 15 is 0 Å². The van der Waals surface area contributed by atoms with Gasteiger partial charge in [-0.25, -0.2) is 0 Å². The summed E-state index contributed by atoms with van der Waals surface area (Å²) in [6.07, 6.45) is 4.57. The zero-order valence-electron chi connectivity index (χ0n) is 16.2. The molecule has 0 spiro atoms. The van der Waals surface area contributed by atoms with E-state index in [9.17, 15) is 9.59 Å². The maximum atomic E-state index is 12.9. The van der Waals surface area contributed by atoms with Gasteiger partial charge in [0, 0.05) is 29.2 Å². The molecular formula is C22H26ClN3O2. The van der Waals surface area contributed by atoms with Crippen molar-refractivity contribution in [1.29, 1.82) is 0 Å². The summed E-state index contributed by atoms with van der Waals surface area (Å²) in [6.45, 7) is 4.37. The van der Waals surface area contributed by atoms with Gasteiger partial charge >= 0.3 is 0 Å². The van der Waals surface area contributed by atoms with Crippen LogP contribution in [-0.4, -0.2) is 41.2 Å². The Morgan fingerprint density at radius 2 is 1.96 bits per heavy atom. The van der Waals surface area contributed by atoms with E-state index in [2.05, 4.69) is 15.2 Å². The molecule has 5 nitrogen and oxygen atoms in total. The van der Waals surface area contributed by atoms with Crippen LogP contribution in [0, 0.1) is 6.92 Å². The van der Waals surface area contributed by atoms with Gasteiger partial charge in [0.1, 0.15) is 5.69 Å². The van der Waals surface area contributed by atoms with Crippen LogP contribution in [0.1, 0.15) is 69.4 Å². The number of hydrogen-bond donors (Lipinski definition) is 2. The molecule has 1 amide bonds. The molecule has 1 fully saturated rings. The van der Waals surface area contributed by atoms with Crippen LogP contribution >= 0.6 is 11.6 Å².